The first-order valence-corrected chi connectivity index (χ1v) is 10.5. The van der Waals surface area contributed by atoms with E-state index in [-0.39, 0.29) is 24.0 Å². The number of hydrogen-bond donors (Lipinski definition) is 2. The molecule has 7 heteroatoms. The topological polar surface area (TPSA) is 52.1 Å². The molecular formula is C19H38IN5O. The Kier molecular flexibility index (Phi) is 10.5. The number of piperazine rings is 3. The molecule has 4 rings (SSSR count). The number of rotatable bonds is 8. The van der Waals surface area contributed by atoms with Gasteiger partial charge in [0, 0.05) is 58.5 Å². The maximum absolute atomic E-state index is 6.00. The van der Waals surface area contributed by atoms with Gasteiger partial charge >= 0.3 is 0 Å². The van der Waals surface area contributed by atoms with Crippen molar-refractivity contribution in [3.8, 4) is 0 Å². The highest BCUT2D eigenvalue weighted by atomic mass is 127. The lowest BCUT2D eigenvalue weighted by molar-refractivity contribution is 0.0174. The van der Waals surface area contributed by atoms with E-state index in [1.807, 2.05) is 0 Å². The molecule has 1 unspecified atom stereocenters. The molecule has 0 spiro atoms. The second-order valence-electron chi connectivity index (χ2n) is 7.62. The van der Waals surface area contributed by atoms with Crippen LogP contribution in [0.2, 0.25) is 0 Å². The molecule has 3 saturated heterocycles. The molecule has 1 saturated carbocycles. The molecule has 0 amide bonds. The summed E-state index contributed by atoms with van der Waals surface area (Å²) >= 11 is 0. The van der Waals surface area contributed by atoms with E-state index in [2.05, 4.69) is 27.4 Å². The normalized spacial score (nSPS) is 29.3. The first-order chi connectivity index (χ1) is 12.3. The summed E-state index contributed by atoms with van der Waals surface area (Å²) in [6.07, 6.45) is 8.15. The Morgan fingerprint density at radius 2 is 1.85 bits per heavy atom. The summed E-state index contributed by atoms with van der Waals surface area (Å²) in [5, 5.41) is 6.84. The van der Waals surface area contributed by atoms with Crippen molar-refractivity contribution in [3.63, 3.8) is 0 Å². The predicted octanol–water partition coefficient (Wildman–Crippen LogP) is 1.90. The standard InChI is InChI=1S/C19H37N5O.HI/c1-2-20-19(21-9-6-14-25-18-7-4-3-5-8-18)22-15-17-16-23-10-12-24(17)13-11-23;/h17-18H,2-16H2,1H3,(H2,20,21,22);1H. The van der Waals surface area contributed by atoms with E-state index in [0.717, 1.165) is 38.6 Å². The first-order valence-electron chi connectivity index (χ1n) is 10.5. The van der Waals surface area contributed by atoms with Crippen LogP contribution in [0.1, 0.15) is 45.4 Å². The predicted molar refractivity (Wildman–Crippen MR) is 119 cm³/mol. The maximum Gasteiger partial charge on any atom is 0.191 e. The van der Waals surface area contributed by atoms with Crippen molar-refractivity contribution in [3.05, 3.63) is 0 Å². The Morgan fingerprint density at radius 1 is 1.08 bits per heavy atom. The zero-order chi connectivity index (χ0) is 17.3. The van der Waals surface area contributed by atoms with Crippen LogP contribution in [-0.2, 0) is 4.74 Å². The van der Waals surface area contributed by atoms with Gasteiger partial charge in [0.1, 0.15) is 0 Å². The number of fused-ring (bicyclic) bond motifs is 3. The number of guanidine groups is 1. The summed E-state index contributed by atoms with van der Waals surface area (Å²) in [6.45, 7) is 11.8. The van der Waals surface area contributed by atoms with E-state index in [4.69, 9.17) is 9.73 Å². The minimum absolute atomic E-state index is 0. The van der Waals surface area contributed by atoms with Gasteiger partial charge in [-0.15, -0.1) is 24.0 Å². The van der Waals surface area contributed by atoms with Crippen LogP contribution in [0.3, 0.4) is 0 Å². The Bertz CT molecular complexity index is 409. The first kappa shape index (κ1) is 22.2. The van der Waals surface area contributed by atoms with Gasteiger partial charge in [-0.3, -0.25) is 14.8 Å². The van der Waals surface area contributed by atoms with Crippen LogP contribution in [0.5, 0.6) is 0 Å². The maximum atomic E-state index is 6.00. The number of nitrogens with one attached hydrogen (secondary N) is 2. The van der Waals surface area contributed by atoms with E-state index >= 15 is 0 Å². The fourth-order valence-corrected chi connectivity index (χ4v) is 4.20. The number of nitrogens with zero attached hydrogens (tertiary/aromatic N) is 3. The van der Waals surface area contributed by atoms with Crippen molar-refractivity contribution in [2.75, 3.05) is 59.0 Å². The average Bonchev–Trinajstić information content (AvgIpc) is 2.67. The molecule has 152 valence electrons. The Morgan fingerprint density at radius 3 is 2.50 bits per heavy atom. The van der Waals surface area contributed by atoms with Gasteiger partial charge in [-0.25, -0.2) is 0 Å². The SMILES string of the molecule is CCNC(=NCC1CN2CCN1CC2)NCCCOC1CCCCC1.I. The molecular weight excluding hydrogens is 441 g/mol. The summed E-state index contributed by atoms with van der Waals surface area (Å²) in [6, 6.07) is 0.590. The molecule has 0 aromatic carbocycles. The molecule has 2 N–H and O–H groups in total. The van der Waals surface area contributed by atoms with Gasteiger partial charge in [-0.05, 0) is 26.2 Å². The second-order valence-corrected chi connectivity index (χ2v) is 7.62. The fraction of sp³-hybridized carbons (Fsp3) is 0.947. The highest BCUT2D eigenvalue weighted by Crippen LogP contribution is 2.20. The van der Waals surface area contributed by atoms with Gasteiger partial charge in [0.25, 0.3) is 0 Å². The molecule has 6 nitrogen and oxygen atoms in total. The number of ether oxygens (including phenoxy) is 1. The van der Waals surface area contributed by atoms with E-state index in [0.29, 0.717) is 12.1 Å². The van der Waals surface area contributed by atoms with Gasteiger partial charge in [0.2, 0.25) is 0 Å². The second kappa shape index (κ2) is 12.4. The monoisotopic (exact) mass is 479 g/mol. The largest absolute Gasteiger partial charge is 0.378 e. The molecule has 1 aliphatic carbocycles. The number of halogens is 1. The van der Waals surface area contributed by atoms with Crippen LogP contribution in [0.15, 0.2) is 4.99 Å². The summed E-state index contributed by atoms with van der Waals surface area (Å²) < 4.78 is 6.00. The quantitative estimate of drug-likeness (QED) is 0.241. The van der Waals surface area contributed by atoms with E-state index in [9.17, 15) is 0 Å². The Hall–Kier alpha value is -0.120. The number of aliphatic imine (C=N–C) groups is 1. The van der Waals surface area contributed by atoms with Gasteiger partial charge < -0.3 is 15.4 Å². The third-order valence-corrected chi connectivity index (χ3v) is 5.72. The van der Waals surface area contributed by atoms with Crippen LogP contribution < -0.4 is 10.6 Å². The molecule has 3 aliphatic heterocycles. The Labute approximate surface area is 176 Å². The van der Waals surface area contributed by atoms with Crippen molar-refractivity contribution >= 4 is 29.9 Å². The molecule has 0 radical (unpaired) electrons. The third kappa shape index (κ3) is 7.13. The van der Waals surface area contributed by atoms with Crippen molar-refractivity contribution in [1.29, 1.82) is 0 Å². The summed E-state index contributed by atoms with van der Waals surface area (Å²) in [5.74, 6) is 0.956. The van der Waals surface area contributed by atoms with Gasteiger partial charge in [0.05, 0.1) is 12.6 Å². The summed E-state index contributed by atoms with van der Waals surface area (Å²) in [5.41, 5.74) is 0. The van der Waals surface area contributed by atoms with Crippen molar-refractivity contribution in [2.24, 2.45) is 4.99 Å². The average molecular weight is 479 g/mol. The molecule has 2 bridgehead atoms. The van der Waals surface area contributed by atoms with Gasteiger partial charge in [-0.2, -0.15) is 0 Å². The van der Waals surface area contributed by atoms with Crippen LogP contribution in [0, 0.1) is 0 Å². The minimum atomic E-state index is 0. The molecule has 1 atom stereocenters. The van der Waals surface area contributed by atoms with Gasteiger partial charge in [-0.1, -0.05) is 19.3 Å². The molecule has 0 aromatic heterocycles. The van der Waals surface area contributed by atoms with E-state index in [1.54, 1.807) is 0 Å². The smallest absolute Gasteiger partial charge is 0.191 e. The molecule has 4 aliphatic rings. The molecule has 3 heterocycles. The lowest BCUT2D eigenvalue weighted by Gasteiger charge is -2.47. The third-order valence-electron chi connectivity index (χ3n) is 5.72. The van der Waals surface area contributed by atoms with Crippen LogP contribution >= 0.6 is 24.0 Å². The fourth-order valence-electron chi connectivity index (χ4n) is 4.20. The van der Waals surface area contributed by atoms with Crippen molar-refractivity contribution in [1.82, 2.24) is 20.4 Å². The molecule has 4 fully saturated rings. The lowest BCUT2D eigenvalue weighted by Crippen LogP contribution is -2.62. The zero-order valence-electron chi connectivity index (χ0n) is 16.4. The zero-order valence-corrected chi connectivity index (χ0v) is 18.7. The molecule has 26 heavy (non-hydrogen) atoms. The van der Waals surface area contributed by atoms with Crippen LogP contribution in [-0.4, -0.2) is 86.9 Å². The minimum Gasteiger partial charge on any atom is -0.378 e. The summed E-state index contributed by atoms with van der Waals surface area (Å²) in [4.78, 5) is 10.0. The molecule has 0 aromatic rings. The highest BCUT2D eigenvalue weighted by molar-refractivity contribution is 14.0. The summed E-state index contributed by atoms with van der Waals surface area (Å²) in [7, 11) is 0. The highest BCUT2D eigenvalue weighted by Gasteiger charge is 2.31. The van der Waals surface area contributed by atoms with Crippen molar-refractivity contribution < 1.29 is 4.74 Å². The van der Waals surface area contributed by atoms with Crippen molar-refractivity contribution in [2.45, 2.75) is 57.6 Å². The number of hydrogen-bond acceptors (Lipinski definition) is 4. The van der Waals surface area contributed by atoms with Gasteiger partial charge in [0.15, 0.2) is 5.96 Å². The van der Waals surface area contributed by atoms with E-state index in [1.165, 1.54) is 64.8 Å². The van der Waals surface area contributed by atoms with Crippen LogP contribution in [0.4, 0.5) is 0 Å². The van der Waals surface area contributed by atoms with E-state index < -0.39 is 0 Å². The lowest BCUT2D eigenvalue weighted by atomic mass is 9.98. The Balaban J connectivity index is 0.00000243. The van der Waals surface area contributed by atoms with Crippen LogP contribution in [0.25, 0.3) is 0 Å².